The van der Waals surface area contributed by atoms with Crippen LogP contribution in [0, 0.1) is 0 Å². The number of nitrogen functional groups attached to an aromatic ring is 1. The molecular formula is C24H32N3P. The van der Waals surface area contributed by atoms with Gasteiger partial charge >= 0.3 is 0 Å². The van der Waals surface area contributed by atoms with Gasteiger partial charge in [-0.15, -0.1) is 0 Å². The Morgan fingerprint density at radius 3 is 2.43 bits per heavy atom. The van der Waals surface area contributed by atoms with Crippen molar-refractivity contribution in [3.05, 3.63) is 64.2 Å². The van der Waals surface area contributed by atoms with E-state index in [0.29, 0.717) is 5.92 Å². The second-order valence-electron chi connectivity index (χ2n) is 8.96. The summed E-state index contributed by atoms with van der Waals surface area (Å²) < 4.78 is 5.25. The Labute approximate surface area is 169 Å². The summed E-state index contributed by atoms with van der Waals surface area (Å²) in [5.41, 5.74) is 14.5. The third kappa shape index (κ3) is 3.56. The van der Waals surface area contributed by atoms with Crippen LogP contribution in [0.3, 0.4) is 0 Å². The zero-order chi connectivity index (χ0) is 19.3. The number of nitrogens with two attached hydrogens (primary N) is 1. The van der Waals surface area contributed by atoms with Crippen molar-refractivity contribution in [3.8, 4) is 0 Å². The molecule has 2 N–H and O–H groups in total. The van der Waals surface area contributed by atoms with Gasteiger partial charge in [0.1, 0.15) is 0 Å². The van der Waals surface area contributed by atoms with Gasteiger partial charge < -0.3 is 5.73 Å². The summed E-state index contributed by atoms with van der Waals surface area (Å²) in [6.45, 7) is 7.34. The van der Waals surface area contributed by atoms with Crippen LogP contribution in [-0.2, 0) is 19.3 Å². The van der Waals surface area contributed by atoms with Gasteiger partial charge in [0.05, 0.1) is 0 Å². The largest absolute Gasteiger partial charge is 0.398 e. The molecule has 0 spiro atoms. The van der Waals surface area contributed by atoms with Gasteiger partial charge in [-0.1, -0.05) is 43.6 Å². The molecule has 0 amide bonds. The van der Waals surface area contributed by atoms with Gasteiger partial charge in [-0.3, -0.25) is 9.34 Å². The molecule has 1 unspecified atom stereocenters. The lowest BCUT2D eigenvalue weighted by atomic mass is 9.95. The first-order chi connectivity index (χ1) is 13.5. The molecule has 148 valence electrons. The number of rotatable bonds is 7. The molecule has 0 radical (unpaired) electrons. The highest BCUT2D eigenvalue weighted by atomic mass is 31.2. The molecule has 2 aromatic carbocycles. The Morgan fingerprint density at radius 1 is 1.00 bits per heavy atom. The molecule has 5 rings (SSSR count). The van der Waals surface area contributed by atoms with E-state index in [1.807, 2.05) is 0 Å². The molecule has 28 heavy (non-hydrogen) atoms. The van der Waals surface area contributed by atoms with E-state index in [2.05, 4.69) is 52.7 Å². The predicted octanol–water partition coefficient (Wildman–Crippen LogP) is 4.36. The fraction of sp³-hybridized carbons (Fsp3) is 0.458. The number of hydrogen-bond donors (Lipinski definition) is 1. The summed E-state index contributed by atoms with van der Waals surface area (Å²) in [6.07, 6.45) is 10.6. The van der Waals surface area contributed by atoms with Crippen molar-refractivity contribution < 1.29 is 0 Å². The van der Waals surface area contributed by atoms with Gasteiger partial charge in [-0.25, -0.2) is 0 Å². The summed E-state index contributed by atoms with van der Waals surface area (Å²) in [6, 6.07) is 13.8. The second-order valence-corrected chi connectivity index (χ2v) is 12.2. The normalized spacial score (nSPS) is 20.2. The number of benzene rings is 2. The minimum atomic E-state index is -1.33. The molecule has 2 saturated heterocycles. The van der Waals surface area contributed by atoms with E-state index < -0.39 is 7.19 Å². The second kappa shape index (κ2) is 7.06. The van der Waals surface area contributed by atoms with Gasteiger partial charge in [-0.2, -0.15) is 0 Å². The van der Waals surface area contributed by atoms with Crippen molar-refractivity contribution in [1.29, 1.82) is 0 Å². The van der Waals surface area contributed by atoms with Crippen LogP contribution in [0.1, 0.15) is 47.1 Å². The summed E-state index contributed by atoms with van der Waals surface area (Å²) in [7, 11) is -1.33. The Bertz CT molecular complexity index is 927. The highest BCUT2D eigenvalue weighted by Gasteiger charge is 2.42. The number of hydrogen-bond acceptors (Lipinski definition) is 3. The smallest absolute Gasteiger partial charge is 0.0350 e. The van der Waals surface area contributed by atoms with Crippen molar-refractivity contribution >= 4 is 19.2 Å². The zero-order valence-corrected chi connectivity index (χ0v) is 17.9. The Kier molecular flexibility index (Phi) is 4.66. The molecular weight excluding hydrogens is 361 g/mol. The monoisotopic (exact) mass is 393 g/mol. The van der Waals surface area contributed by atoms with Crippen LogP contribution in [0.4, 0.5) is 5.69 Å². The highest BCUT2D eigenvalue weighted by Crippen LogP contribution is 2.61. The van der Waals surface area contributed by atoms with Crippen LogP contribution in [0.15, 0.2) is 36.4 Å². The van der Waals surface area contributed by atoms with E-state index in [-0.39, 0.29) is 0 Å². The molecule has 0 aromatic heterocycles. The summed E-state index contributed by atoms with van der Waals surface area (Å²) in [5.74, 6) is 0.520. The molecule has 2 heterocycles. The van der Waals surface area contributed by atoms with Crippen LogP contribution in [0.2, 0.25) is 0 Å². The maximum Gasteiger partial charge on any atom is 0.0350 e. The third-order valence-corrected chi connectivity index (χ3v) is 10.8. The minimum absolute atomic E-state index is 0.520. The van der Waals surface area contributed by atoms with Crippen LogP contribution < -0.4 is 5.73 Å². The van der Waals surface area contributed by atoms with Crippen molar-refractivity contribution in [3.63, 3.8) is 0 Å². The standard InChI is InChI=1S/C24H32N3P/c1-18(17-28(2,26-10-11-26)27-12-13-27)21-8-9-24(25)23(16-21)15-19-6-7-20-4-3-5-22(20)14-19/h6-9,14,16,18H,2-5,10-13,15,17,25H2,1H3. The zero-order valence-electron chi connectivity index (χ0n) is 17.0. The van der Waals surface area contributed by atoms with E-state index in [1.165, 1.54) is 68.3 Å². The van der Waals surface area contributed by atoms with E-state index >= 15 is 0 Å². The van der Waals surface area contributed by atoms with Gasteiger partial charge in [0.2, 0.25) is 0 Å². The highest BCUT2D eigenvalue weighted by molar-refractivity contribution is 7.69. The average Bonchev–Trinajstić information content (AvgIpc) is 3.59. The summed E-state index contributed by atoms with van der Waals surface area (Å²) in [4.78, 5) is 0. The fourth-order valence-corrected chi connectivity index (χ4v) is 8.40. The Balaban J connectivity index is 1.36. The SMILES string of the molecule is C=P(CC(C)c1ccc(N)c(Cc2ccc3c(c2)CCC3)c1)(N1CC1)N1CC1. The average molecular weight is 394 g/mol. The molecule has 2 aliphatic heterocycles. The molecule has 2 fully saturated rings. The molecule has 1 aliphatic carbocycles. The number of anilines is 1. The lowest BCUT2D eigenvalue weighted by Gasteiger charge is -2.30. The maximum atomic E-state index is 6.37. The van der Waals surface area contributed by atoms with Crippen molar-refractivity contribution in [2.45, 2.75) is 38.5 Å². The quantitative estimate of drug-likeness (QED) is 0.431. The number of nitrogens with zero attached hydrogens (tertiary/aromatic N) is 2. The van der Waals surface area contributed by atoms with Crippen molar-refractivity contribution in [2.75, 3.05) is 38.1 Å². The maximum absolute atomic E-state index is 6.37. The first-order valence-corrected chi connectivity index (χ1v) is 12.8. The van der Waals surface area contributed by atoms with E-state index in [9.17, 15) is 0 Å². The topological polar surface area (TPSA) is 32.0 Å². The molecule has 0 bridgehead atoms. The fourth-order valence-electron chi connectivity index (χ4n) is 4.83. The van der Waals surface area contributed by atoms with E-state index in [1.54, 1.807) is 11.1 Å². The van der Waals surface area contributed by atoms with E-state index in [4.69, 9.17) is 12.0 Å². The first-order valence-electron chi connectivity index (χ1n) is 10.8. The summed E-state index contributed by atoms with van der Waals surface area (Å²) in [5, 5.41) is 0. The lowest BCUT2D eigenvalue weighted by molar-refractivity contribution is 0.750. The molecule has 1 atom stereocenters. The predicted molar refractivity (Wildman–Crippen MR) is 123 cm³/mol. The Hall–Kier alpha value is -1.54. The van der Waals surface area contributed by atoms with Crippen LogP contribution in [0.25, 0.3) is 0 Å². The van der Waals surface area contributed by atoms with Crippen LogP contribution >= 0.6 is 7.19 Å². The van der Waals surface area contributed by atoms with Crippen molar-refractivity contribution in [2.24, 2.45) is 0 Å². The number of aryl methyl sites for hydroxylation is 2. The van der Waals surface area contributed by atoms with Crippen LogP contribution in [-0.4, -0.2) is 48.0 Å². The van der Waals surface area contributed by atoms with E-state index in [0.717, 1.165) is 12.1 Å². The van der Waals surface area contributed by atoms with Gasteiger partial charge in [0.15, 0.2) is 0 Å². The minimum Gasteiger partial charge on any atom is -0.398 e. The Morgan fingerprint density at radius 2 is 1.71 bits per heavy atom. The van der Waals surface area contributed by atoms with Gasteiger partial charge in [-0.05, 0) is 71.6 Å². The molecule has 4 heteroatoms. The van der Waals surface area contributed by atoms with Gasteiger partial charge in [0.25, 0.3) is 0 Å². The molecule has 3 nitrogen and oxygen atoms in total. The lowest BCUT2D eigenvalue weighted by Crippen LogP contribution is -2.13. The van der Waals surface area contributed by atoms with Crippen LogP contribution in [0.5, 0.6) is 0 Å². The molecule has 3 aliphatic rings. The molecule has 0 saturated carbocycles. The first kappa shape index (κ1) is 18.5. The third-order valence-electron chi connectivity index (χ3n) is 6.76. The van der Waals surface area contributed by atoms with Crippen molar-refractivity contribution in [1.82, 2.24) is 9.34 Å². The number of fused-ring (bicyclic) bond motifs is 1. The summed E-state index contributed by atoms with van der Waals surface area (Å²) >= 11 is 0. The molecule has 2 aromatic rings. The van der Waals surface area contributed by atoms with Gasteiger partial charge in [0, 0.05) is 39.1 Å².